The molecule has 1 aromatic heterocycles. The number of fused-ring (bicyclic) bond motifs is 1. The fourth-order valence-corrected chi connectivity index (χ4v) is 5.08. The summed E-state index contributed by atoms with van der Waals surface area (Å²) in [5, 5.41) is 22.7. The first-order valence-corrected chi connectivity index (χ1v) is 14.1. The Labute approximate surface area is 253 Å². The number of aromatic nitrogens is 2. The summed E-state index contributed by atoms with van der Waals surface area (Å²) in [5.41, 5.74) is 4.10. The van der Waals surface area contributed by atoms with Crippen LogP contribution in [-0.4, -0.2) is 47.3 Å². The van der Waals surface area contributed by atoms with Crippen molar-refractivity contribution in [3.63, 3.8) is 0 Å². The maximum Gasteiger partial charge on any atom is 0.255 e. The van der Waals surface area contributed by atoms with Crippen LogP contribution >= 0.6 is 11.8 Å². The summed E-state index contributed by atoms with van der Waals surface area (Å²) in [5.74, 6) is -0.246. The fourth-order valence-electron chi connectivity index (χ4n) is 4.07. The Morgan fingerprint density at radius 3 is 2.53 bits per heavy atom. The van der Waals surface area contributed by atoms with Crippen molar-refractivity contribution in [3.05, 3.63) is 113 Å². The Bertz CT molecular complexity index is 1730. The van der Waals surface area contributed by atoms with Crippen LogP contribution in [0.3, 0.4) is 0 Å². The van der Waals surface area contributed by atoms with Crippen LogP contribution in [0, 0.1) is 11.3 Å². The van der Waals surface area contributed by atoms with Crippen LogP contribution in [0.25, 0.3) is 5.57 Å². The van der Waals surface area contributed by atoms with Crippen LogP contribution in [-0.2, 0) is 4.79 Å². The number of amides is 2. The molecule has 0 atom stereocenters. The van der Waals surface area contributed by atoms with Crippen molar-refractivity contribution in [2.75, 3.05) is 41.9 Å². The minimum absolute atomic E-state index is 0.267. The summed E-state index contributed by atoms with van der Waals surface area (Å²) >= 11 is 1.49. The number of anilines is 5. The van der Waals surface area contributed by atoms with Crippen LogP contribution in [0.2, 0.25) is 0 Å². The molecule has 4 aromatic rings. The molecule has 0 fully saturated rings. The van der Waals surface area contributed by atoms with Crippen molar-refractivity contribution in [3.8, 4) is 6.07 Å². The molecule has 3 aromatic carbocycles. The van der Waals surface area contributed by atoms with Crippen molar-refractivity contribution >= 4 is 57.8 Å². The molecule has 11 heteroatoms. The van der Waals surface area contributed by atoms with E-state index in [9.17, 15) is 14.9 Å². The van der Waals surface area contributed by atoms with Gasteiger partial charge in [0.05, 0.1) is 16.4 Å². The smallest absolute Gasteiger partial charge is 0.255 e. The Morgan fingerprint density at radius 1 is 0.977 bits per heavy atom. The Kier molecular flexibility index (Phi) is 9.11. The van der Waals surface area contributed by atoms with Gasteiger partial charge in [-0.3, -0.25) is 9.59 Å². The van der Waals surface area contributed by atoms with E-state index in [0.29, 0.717) is 46.4 Å². The van der Waals surface area contributed by atoms with Crippen LogP contribution in [0.1, 0.15) is 16.1 Å². The Hall–Kier alpha value is -5.44. The van der Waals surface area contributed by atoms with Gasteiger partial charge in [0.25, 0.3) is 5.91 Å². The molecule has 2 heterocycles. The normalized spacial score (nSPS) is 13.2. The monoisotopic (exact) mass is 588 g/mol. The molecule has 10 nitrogen and oxygen atoms in total. The number of nitriles is 1. The summed E-state index contributed by atoms with van der Waals surface area (Å²) in [6.07, 6.45) is 4.83. The fraction of sp³-hybridized carbons (Fsp3) is 0.0938. The summed E-state index contributed by atoms with van der Waals surface area (Å²) < 4.78 is 0. The SMILES string of the molecule is CN(C)C/C=C/C(=O)Nc1cccc(C(=O)Nc2ccc(Nc3nccc(/C(C#N)=C4/Nc5ccccc5S4)n3)cc2)c1. The van der Waals surface area contributed by atoms with Crippen LogP contribution < -0.4 is 21.3 Å². The number of allylic oxidation sites excluding steroid dienone is 1. The van der Waals surface area contributed by atoms with Crippen molar-refractivity contribution in [1.29, 1.82) is 5.26 Å². The van der Waals surface area contributed by atoms with Crippen LogP contribution in [0.4, 0.5) is 28.7 Å². The molecular weight excluding hydrogens is 560 g/mol. The van der Waals surface area contributed by atoms with E-state index >= 15 is 0 Å². The number of carbonyl (C=O) groups is 2. The summed E-state index contributed by atoms with van der Waals surface area (Å²) in [7, 11) is 3.83. The van der Waals surface area contributed by atoms with Crippen molar-refractivity contribution in [2.24, 2.45) is 0 Å². The second-order valence-electron chi connectivity index (χ2n) is 9.70. The summed E-state index contributed by atoms with van der Waals surface area (Å²) in [6, 6.07) is 25.6. The number of hydrogen-bond acceptors (Lipinski definition) is 9. The predicted octanol–water partition coefficient (Wildman–Crippen LogP) is 5.94. The average Bonchev–Trinajstić information content (AvgIpc) is 3.42. The van der Waals surface area contributed by atoms with Crippen molar-refractivity contribution in [1.82, 2.24) is 14.9 Å². The molecule has 1 aliphatic rings. The van der Waals surface area contributed by atoms with Crippen LogP contribution in [0.5, 0.6) is 0 Å². The van der Waals surface area contributed by atoms with Crippen molar-refractivity contribution in [2.45, 2.75) is 4.90 Å². The molecule has 0 unspecified atom stereocenters. The molecule has 5 rings (SSSR count). The maximum absolute atomic E-state index is 12.9. The molecule has 214 valence electrons. The molecule has 43 heavy (non-hydrogen) atoms. The van der Waals surface area contributed by atoms with Crippen molar-refractivity contribution < 1.29 is 9.59 Å². The third-order valence-corrected chi connectivity index (χ3v) is 7.22. The number of benzene rings is 3. The van der Waals surface area contributed by atoms with E-state index in [0.717, 1.165) is 15.6 Å². The quantitative estimate of drug-likeness (QED) is 0.138. The van der Waals surface area contributed by atoms with Gasteiger partial charge in [0.2, 0.25) is 11.9 Å². The van der Waals surface area contributed by atoms with E-state index in [2.05, 4.69) is 37.3 Å². The second kappa shape index (κ2) is 13.5. The molecule has 1 aliphatic heterocycles. The van der Waals surface area contributed by atoms with Gasteiger partial charge >= 0.3 is 0 Å². The zero-order valence-corrected chi connectivity index (χ0v) is 24.3. The third kappa shape index (κ3) is 7.65. The van der Waals surface area contributed by atoms with Gasteiger partial charge in [-0.15, -0.1) is 0 Å². The summed E-state index contributed by atoms with van der Waals surface area (Å²) in [6.45, 7) is 0.649. The van der Waals surface area contributed by atoms with E-state index in [-0.39, 0.29) is 11.8 Å². The lowest BCUT2D eigenvalue weighted by atomic mass is 10.1. The standard InChI is InChI=1S/C32H28N8O2S/c1-40(2)18-6-11-29(41)35-24-8-5-7-21(19-24)30(42)36-22-12-14-23(15-13-22)37-32-34-17-16-26(39-32)25(20-33)31-38-27-9-3-4-10-28(27)43-31/h3-17,19,38H,18H2,1-2H3,(H,35,41)(H,36,42)(H,34,37,39)/b11-6+,31-25-. The molecule has 2 amide bonds. The number of para-hydroxylation sites is 1. The first kappa shape index (κ1) is 29.1. The number of nitrogens with one attached hydrogen (secondary N) is 4. The first-order valence-electron chi connectivity index (χ1n) is 13.3. The Balaban J connectivity index is 1.21. The highest BCUT2D eigenvalue weighted by Crippen LogP contribution is 2.43. The Morgan fingerprint density at radius 2 is 1.77 bits per heavy atom. The molecule has 0 radical (unpaired) electrons. The molecule has 0 spiro atoms. The van der Waals surface area contributed by atoms with Gasteiger partial charge in [-0.2, -0.15) is 5.26 Å². The molecule has 4 N–H and O–H groups in total. The highest BCUT2D eigenvalue weighted by molar-refractivity contribution is 8.04. The van der Waals surface area contributed by atoms with E-state index in [4.69, 9.17) is 0 Å². The molecule has 0 saturated carbocycles. The van der Waals surface area contributed by atoms with Gasteiger partial charge < -0.3 is 26.2 Å². The largest absolute Gasteiger partial charge is 0.348 e. The highest BCUT2D eigenvalue weighted by atomic mass is 32.2. The lowest BCUT2D eigenvalue weighted by Gasteiger charge is -2.10. The van der Waals surface area contributed by atoms with Gasteiger partial charge in [-0.25, -0.2) is 9.97 Å². The highest BCUT2D eigenvalue weighted by Gasteiger charge is 2.21. The molecule has 0 bridgehead atoms. The maximum atomic E-state index is 12.9. The number of thioether (sulfide) groups is 1. The van der Waals surface area contributed by atoms with Gasteiger partial charge in [-0.1, -0.05) is 36.0 Å². The topological polar surface area (TPSA) is 135 Å². The molecular formula is C32H28N8O2S. The average molecular weight is 589 g/mol. The number of nitrogens with zero attached hydrogens (tertiary/aromatic N) is 4. The minimum Gasteiger partial charge on any atom is -0.348 e. The number of carbonyl (C=O) groups excluding carboxylic acids is 2. The molecule has 0 saturated heterocycles. The van der Waals surface area contributed by atoms with Gasteiger partial charge in [0, 0.05) is 46.3 Å². The van der Waals surface area contributed by atoms with E-state index < -0.39 is 0 Å². The zero-order chi connectivity index (χ0) is 30.2. The van der Waals surface area contributed by atoms with Crippen LogP contribution in [0.15, 0.2) is 107 Å². The predicted molar refractivity (Wildman–Crippen MR) is 171 cm³/mol. The lowest BCUT2D eigenvalue weighted by molar-refractivity contribution is -0.111. The lowest BCUT2D eigenvalue weighted by Crippen LogP contribution is -2.14. The first-order chi connectivity index (χ1) is 20.9. The van der Waals surface area contributed by atoms with Gasteiger partial charge in [0.15, 0.2) is 0 Å². The second-order valence-corrected chi connectivity index (χ2v) is 10.7. The van der Waals surface area contributed by atoms with Gasteiger partial charge in [0.1, 0.15) is 11.6 Å². The third-order valence-electron chi connectivity index (χ3n) is 6.13. The van der Waals surface area contributed by atoms with E-state index in [1.54, 1.807) is 66.9 Å². The summed E-state index contributed by atoms with van der Waals surface area (Å²) in [4.78, 5) is 36.9. The van der Waals surface area contributed by atoms with E-state index in [1.165, 1.54) is 17.8 Å². The zero-order valence-electron chi connectivity index (χ0n) is 23.5. The van der Waals surface area contributed by atoms with E-state index in [1.807, 2.05) is 43.3 Å². The van der Waals surface area contributed by atoms with Gasteiger partial charge in [-0.05, 0) is 74.8 Å². The number of likely N-dealkylation sites (N-methyl/N-ethyl adjacent to an activating group) is 1. The number of hydrogen-bond donors (Lipinski definition) is 4. The number of rotatable bonds is 9. The molecule has 0 aliphatic carbocycles. The minimum atomic E-state index is -0.311.